The normalized spacial score (nSPS) is 14.2. The molecule has 0 radical (unpaired) electrons. The van der Waals surface area contributed by atoms with Crippen LogP contribution >= 0.6 is 0 Å². The van der Waals surface area contributed by atoms with Gasteiger partial charge in [-0.15, -0.1) is 0 Å². The molecule has 1 unspecified atom stereocenters. The monoisotopic (exact) mass is 471 g/mol. The van der Waals surface area contributed by atoms with E-state index in [2.05, 4.69) is 13.8 Å². The number of nitrogens with two attached hydrogens (primary N) is 1. The highest BCUT2D eigenvalue weighted by atomic mass is 16.5. The number of carboxylic acid groups (broad SMARTS) is 1. The molecule has 1 aliphatic heterocycles. The van der Waals surface area contributed by atoms with E-state index in [1.807, 2.05) is 18.2 Å². The molecule has 0 spiro atoms. The smallest absolute Gasteiger partial charge is 0.340 e. The number of unbranched alkanes of at least 4 members (excludes halogenated alkanes) is 1. The largest absolute Gasteiger partial charge is 0.497 e. The van der Waals surface area contributed by atoms with Crippen LogP contribution in [0.5, 0.6) is 17.2 Å². The predicted molar refractivity (Wildman–Crippen MR) is 129 cm³/mol. The van der Waals surface area contributed by atoms with Crippen molar-refractivity contribution >= 4 is 11.9 Å². The molecule has 34 heavy (non-hydrogen) atoms. The van der Waals surface area contributed by atoms with E-state index < -0.39 is 17.9 Å². The van der Waals surface area contributed by atoms with Crippen molar-refractivity contribution in [1.29, 1.82) is 0 Å². The molecule has 3 rings (SSSR count). The summed E-state index contributed by atoms with van der Waals surface area (Å²) < 4.78 is 21.3. The molecule has 0 fully saturated rings. The van der Waals surface area contributed by atoms with Crippen molar-refractivity contribution in [2.24, 2.45) is 5.73 Å². The van der Waals surface area contributed by atoms with Crippen LogP contribution in [0.25, 0.3) is 11.1 Å². The number of hydrogen-bond acceptors (Lipinski definition) is 7. The van der Waals surface area contributed by atoms with E-state index in [4.69, 9.17) is 24.7 Å². The van der Waals surface area contributed by atoms with Gasteiger partial charge in [-0.05, 0) is 42.3 Å². The summed E-state index contributed by atoms with van der Waals surface area (Å²) in [6, 6.07) is 10.7. The summed E-state index contributed by atoms with van der Waals surface area (Å²) >= 11 is 0. The van der Waals surface area contributed by atoms with Crippen molar-refractivity contribution in [2.75, 3.05) is 20.8 Å². The van der Waals surface area contributed by atoms with Crippen molar-refractivity contribution in [3.8, 4) is 28.4 Å². The summed E-state index contributed by atoms with van der Waals surface area (Å²) in [5.74, 6) is -1.11. The van der Waals surface area contributed by atoms with Crippen molar-refractivity contribution in [3.63, 3.8) is 0 Å². The number of ether oxygens (including phenoxy) is 4. The minimum absolute atomic E-state index is 0.00660. The lowest BCUT2D eigenvalue weighted by molar-refractivity contribution is -0.139. The van der Waals surface area contributed by atoms with E-state index in [1.165, 1.54) is 12.8 Å². The van der Waals surface area contributed by atoms with E-state index in [-0.39, 0.29) is 24.5 Å². The van der Waals surface area contributed by atoms with Crippen LogP contribution in [0.4, 0.5) is 0 Å². The lowest BCUT2D eigenvalue weighted by Gasteiger charge is -2.27. The second-order valence-electron chi connectivity index (χ2n) is 7.60. The third kappa shape index (κ3) is 6.43. The van der Waals surface area contributed by atoms with Crippen LogP contribution in [-0.4, -0.2) is 37.9 Å². The summed E-state index contributed by atoms with van der Waals surface area (Å²) in [5.41, 5.74) is 8.06. The fraction of sp³-hybridized carbons (Fsp3) is 0.385. The Kier molecular flexibility index (Phi) is 9.79. The van der Waals surface area contributed by atoms with Crippen molar-refractivity contribution < 1.29 is 33.6 Å². The van der Waals surface area contributed by atoms with Gasteiger partial charge in [-0.3, -0.25) is 4.79 Å². The number of rotatable bonds is 8. The summed E-state index contributed by atoms with van der Waals surface area (Å²) in [6.45, 7) is 6.15. The molecule has 0 amide bonds. The molecule has 3 N–H and O–H groups in total. The number of carboxylic acids is 1. The summed E-state index contributed by atoms with van der Waals surface area (Å²) in [7, 11) is 3.11. The van der Waals surface area contributed by atoms with E-state index in [1.54, 1.807) is 39.3 Å². The van der Waals surface area contributed by atoms with E-state index >= 15 is 0 Å². The topological polar surface area (TPSA) is 117 Å². The van der Waals surface area contributed by atoms with Gasteiger partial charge in [0.2, 0.25) is 5.88 Å². The fourth-order valence-electron chi connectivity index (χ4n) is 3.41. The molecule has 8 nitrogen and oxygen atoms in total. The minimum Gasteiger partial charge on any atom is -0.497 e. The highest BCUT2D eigenvalue weighted by molar-refractivity contribution is 5.93. The second-order valence-corrected chi connectivity index (χ2v) is 7.60. The standard InChI is InChI=1S/C22H23NO7.C4H10/c1-4-29-22(26)20-17(11-19(24)25)16-9-12(5-6-18(16)30-21(20)23)13-7-14(27-2)10-15(8-13)28-3;1-3-4-2/h5-10,17H,4,11,23H2,1-3H3,(H,24,25);3-4H2,1-2H3. The number of methoxy groups -OCH3 is 2. The molecule has 8 heteroatoms. The van der Waals surface area contributed by atoms with Gasteiger partial charge < -0.3 is 29.8 Å². The molecule has 0 aliphatic carbocycles. The van der Waals surface area contributed by atoms with Gasteiger partial charge >= 0.3 is 11.9 Å². The molecule has 1 atom stereocenters. The van der Waals surface area contributed by atoms with Gasteiger partial charge in [0.15, 0.2) is 0 Å². The van der Waals surface area contributed by atoms with Gasteiger partial charge in [0.05, 0.1) is 27.2 Å². The Morgan fingerprint density at radius 3 is 2.09 bits per heavy atom. The Hall–Kier alpha value is -3.68. The van der Waals surface area contributed by atoms with Crippen LogP contribution in [0.3, 0.4) is 0 Å². The Labute approximate surface area is 200 Å². The first-order chi connectivity index (χ1) is 16.3. The molecule has 184 valence electrons. The number of fused-ring (bicyclic) bond motifs is 1. The zero-order valence-electron chi connectivity index (χ0n) is 20.3. The predicted octanol–water partition coefficient (Wildman–Crippen LogP) is 4.86. The molecule has 0 aromatic heterocycles. The van der Waals surface area contributed by atoms with Crippen molar-refractivity contribution in [2.45, 2.75) is 46.0 Å². The van der Waals surface area contributed by atoms with Crippen LogP contribution in [0.2, 0.25) is 0 Å². The number of carbonyl (C=O) groups is 2. The average molecular weight is 472 g/mol. The van der Waals surface area contributed by atoms with Crippen LogP contribution in [0.1, 0.15) is 51.5 Å². The number of hydrogen-bond donors (Lipinski definition) is 2. The van der Waals surface area contributed by atoms with E-state index in [0.717, 1.165) is 11.1 Å². The van der Waals surface area contributed by atoms with Gasteiger partial charge in [0, 0.05) is 17.5 Å². The van der Waals surface area contributed by atoms with Crippen molar-refractivity contribution in [1.82, 2.24) is 0 Å². The zero-order valence-corrected chi connectivity index (χ0v) is 20.3. The fourth-order valence-corrected chi connectivity index (χ4v) is 3.41. The molecular formula is C26H33NO7. The lowest BCUT2D eigenvalue weighted by Crippen LogP contribution is -2.28. The highest BCUT2D eigenvalue weighted by Crippen LogP contribution is 2.43. The summed E-state index contributed by atoms with van der Waals surface area (Å²) in [6.07, 6.45) is 2.30. The number of benzene rings is 2. The molecular weight excluding hydrogens is 438 g/mol. The van der Waals surface area contributed by atoms with Gasteiger partial charge in [-0.25, -0.2) is 4.79 Å². The quantitative estimate of drug-likeness (QED) is 0.524. The van der Waals surface area contributed by atoms with Gasteiger partial charge in [0.25, 0.3) is 0 Å². The maximum Gasteiger partial charge on any atom is 0.340 e. The summed E-state index contributed by atoms with van der Waals surface area (Å²) in [5, 5.41) is 9.44. The number of carbonyl (C=O) groups excluding carboxylic acids is 1. The van der Waals surface area contributed by atoms with Crippen molar-refractivity contribution in [3.05, 3.63) is 53.4 Å². The van der Waals surface area contributed by atoms with Gasteiger partial charge in [-0.2, -0.15) is 0 Å². The molecule has 0 bridgehead atoms. The van der Waals surface area contributed by atoms with Gasteiger partial charge in [0.1, 0.15) is 22.8 Å². The molecule has 0 saturated heterocycles. The third-order valence-corrected chi connectivity index (χ3v) is 5.28. The third-order valence-electron chi connectivity index (χ3n) is 5.28. The summed E-state index contributed by atoms with van der Waals surface area (Å²) in [4.78, 5) is 24.0. The second kappa shape index (κ2) is 12.5. The molecule has 1 heterocycles. The maximum atomic E-state index is 12.5. The Morgan fingerprint density at radius 2 is 1.59 bits per heavy atom. The van der Waals surface area contributed by atoms with Crippen LogP contribution in [0.15, 0.2) is 47.9 Å². The lowest BCUT2D eigenvalue weighted by atomic mass is 9.84. The zero-order chi connectivity index (χ0) is 25.3. The first-order valence-electron chi connectivity index (χ1n) is 11.2. The Morgan fingerprint density at radius 1 is 0.971 bits per heavy atom. The molecule has 0 saturated carbocycles. The van der Waals surface area contributed by atoms with E-state index in [9.17, 15) is 14.7 Å². The van der Waals surface area contributed by atoms with Crippen LogP contribution in [0, 0.1) is 0 Å². The number of aliphatic carboxylic acids is 1. The SMILES string of the molecule is CCCC.CCOC(=O)C1=C(N)Oc2ccc(-c3cc(OC)cc(OC)c3)cc2C1CC(=O)O. The van der Waals surface area contributed by atoms with E-state index in [0.29, 0.717) is 22.8 Å². The highest BCUT2D eigenvalue weighted by Gasteiger charge is 2.36. The van der Waals surface area contributed by atoms with Crippen LogP contribution in [-0.2, 0) is 14.3 Å². The number of esters is 1. The molecule has 2 aromatic carbocycles. The Bertz CT molecular complexity index is 1020. The Balaban J connectivity index is 0.000000945. The van der Waals surface area contributed by atoms with Gasteiger partial charge in [-0.1, -0.05) is 32.8 Å². The average Bonchev–Trinajstić information content (AvgIpc) is 2.83. The molecule has 2 aromatic rings. The minimum atomic E-state index is -1.07. The first kappa shape index (κ1) is 26.6. The molecule has 1 aliphatic rings. The maximum absolute atomic E-state index is 12.5. The first-order valence-corrected chi connectivity index (χ1v) is 11.2. The van der Waals surface area contributed by atoms with Crippen LogP contribution < -0.4 is 19.9 Å².